The first-order chi connectivity index (χ1) is 11.0. The van der Waals surface area contributed by atoms with Crippen LogP contribution < -0.4 is 10.3 Å². The van der Waals surface area contributed by atoms with Gasteiger partial charge in [0.2, 0.25) is 5.91 Å². The fourth-order valence-corrected chi connectivity index (χ4v) is 2.86. The largest absolute Gasteiger partial charge is 0.461 e. The van der Waals surface area contributed by atoms with Crippen molar-refractivity contribution in [2.45, 2.75) is 26.8 Å². The number of anilines is 1. The van der Waals surface area contributed by atoms with Gasteiger partial charge in [0.15, 0.2) is 5.71 Å². The number of aryl methyl sites for hydroxylation is 2. The Hall–Kier alpha value is -2.70. The molecule has 0 bridgehead atoms. The van der Waals surface area contributed by atoms with Gasteiger partial charge in [0.25, 0.3) is 5.91 Å². The van der Waals surface area contributed by atoms with Crippen LogP contribution >= 0.6 is 0 Å². The zero-order valence-electron chi connectivity index (χ0n) is 13.1. The lowest BCUT2D eigenvalue weighted by molar-refractivity contribution is -0.136. The second-order valence-corrected chi connectivity index (χ2v) is 5.60. The van der Waals surface area contributed by atoms with Crippen molar-refractivity contribution in [2.75, 3.05) is 11.5 Å². The molecule has 2 atom stereocenters. The summed E-state index contributed by atoms with van der Waals surface area (Å²) in [6.07, 6.45) is 0. The van der Waals surface area contributed by atoms with Crippen LogP contribution in [0.4, 0.5) is 5.69 Å². The van der Waals surface area contributed by atoms with Crippen molar-refractivity contribution in [1.29, 1.82) is 0 Å². The molecule has 0 aromatic heterocycles. The summed E-state index contributed by atoms with van der Waals surface area (Å²) in [5, 5.41) is 3.83. The van der Waals surface area contributed by atoms with E-state index in [1.165, 1.54) is 0 Å². The number of amides is 2. The highest BCUT2D eigenvalue weighted by atomic mass is 16.5. The molecule has 1 aromatic rings. The summed E-state index contributed by atoms with van der Waals surface area (Å²) < 4.78 is 4.91. The Bertz CT molecular complexity index is 741. The molecular weight excluding hydrogens is 298 g/mol. The molecule has 2 heterocycles. The summed E-state index contributed by atoms with van der Waals surface area (Å²) in [4.78, 5) is 38.4. The highest BCUT2D eigenvalue weighted by Crippen LogP contribution is 2.33. The lowest BCUT2D eigenvalue weighted by atomic mass is 9.99. The van der Waals surface area contributed by atoms with Crippen molar-refractivity contribution in [3.8, 4) is 0 Å². The third kappa shape index (κ3) is 2.28. The number of hydrogen-bond donors (Lipinski definition) is 1. The molecule has 3 rings (SSSR count). The van der Waals surface area contributed by atoms with Crippen LogP contribution in [-0.4, -0.2) is 36.1 Å². The van der Waals surface area contributed by atoms with E-state index in [4.69, 9.17) is 4.74 Å². The first-order valence-corrected chi connectivity index (χ1v) is 7.41. The number of fused-ring (bicyclic) bond motifs is 1. The number of ether oxygens (including phenoxy) is 1. The summed E-state index contributed by atoms with van der Waals surface area (Å²) in [7, 11) is 0. The molecule has 23 heavy (non-hydrogen) atoms. The minimum absolute atomic E-state index is 0.0389. The van der Waals surface area contributed by atoms with Gasteiger partial charge in [0.05, 0.1) is 12.3 Å². The number of carbonyl (C=O) groups excluding carboxylic acids is 3. The Morgan fingerprint density at radius 1 is 1.30 bits per heavy atom. The monoisotopic (exact) mass is 315 g/mol. The molecular formula is C16H17N3O4. The fraction of sp³-hybridized carbons (Fsp3) is 0.375. The third-order valence-corrected chi connectivity index (χ3v) is 4.01. The average Bonchev–Trinajstić information content (AvgIpc) is 3.04. The van der Waals surface area contributed by atoms with Crippen LogP contribution in [0.1, 0.15) is 18.1 Å². The Morgan fingerprint density at radius 2 is 2.04 bits per heavy atom. The van der Waals surface area contributed by atoms with Crippen LogP contribution in [-0.2, 0) is 19.1 Å². The fourth-order valence-electron chi connectivity index (χ4n) is 2.86. The molecule has 2 amide bonds. The van der Waals surface area contributed by atoms with E-state index in [2.05, 4.69) is 10.5 Å². The molecule has 1 saturated heterocycles. The molecule has 1 aromatic carbocycles. The van der Waals surface area contributed by atoms with E-state index in [0.717, 1.165) is 16.0 Å². The van der Waals surface area contributed by atoms with Gasteiger partial charge in [-0.25, -0.2) is 9.69 Å². The minimum Gasteiger partial charge on any atom is -0.461 e. The highest BCUT2D eigenvalue weighted by Gasteiger charge is 2.55. The highest BCUT2D eigenvalue weighted by molar-refractivity contribution is 6.46. The van der Waals surface area contributed by atoms with Crippen LogP contribution in [0.5, 0.6) is 0 Å². The van der Waals surface area contributed by atoms with Gasteiger partial charge in [-0.05, 0) is 38.0 Å². The smallest absolute Gasteiger partial charge is 0.355 e. The molecule has 120 valence electrons. The minimum atomic E-state index is -0.929. The second kappa shape index (κ2) is 5.49. The van der Waals surface area contributed by atoms with Gasteiger partial charge in [-0.2, -0.15) is 5.10 Å². The van der Waals surface area contributed by atoms with Crippen molar-refractivity contribution in [1.82, 2.24) is 5.43 Å². The van der Waals surface area contributed by atoms with Gasteiger partial charge in [-0.15, -0.1) is 0 Å². The van der Waals surface area contributed by atoms with E-state index in [1.54, 1.807) is 13.0 Å². The maximum atomic E-state index is 12.8. The SMILES string of the molecule is CCOC(=O)C1=NNC2C(=O)N(c3cc(C)ccc3C)C(=O)C12. The number of hydrogen-bond acceptors (Lipinski definition) is 6. The molecule has 0 spiro atoms. The lowest BCUT2D eigenvalue weighted by Gasteiger charge is -2.18. The zero-order valence-corrected chi connectivity index (χ0v) is 13.1. The predicted molar refractivity (Wildman–Crippen MR) is 82.9 cm³/mol. The van der Waals surface area contributed by atoms with Gasteiger partial charge >= 0.3 is 5.97 Å². The van der Waals surface area contributed by atoms with E-state index < -0.39 is 29.7 Å². The second-order valence-electron chi connectivity index (χ2n) is 5.60. The Kier molecular flexibility index (Phi) is 3.63. The van der Waals surface area contributed by atoms with Gasteiger partial charge in [0.1, 0.15) is 12.0 Å². The van der Waals surface area contributed by atoms with Crippen LogP contribution in [0.2, 0.25) is 0 Å². The summed E-state index contributed by atoms with van der Waals surface area (Å²) >= 11 is 0. The van der Waals surface area contributed by atoms with Crippen molar-refractivity contribution < 1.29 is 19.1 Å². The summed E-state index contributed by atoms with van der Waals surface area (Å²) in [5.74, 6) is -2.46. The third-order valence-electron chi connectivity index (χ3n) is 4.01. The molecule has 0 radical (unpaired) electrons. The van der Waals surface area contributed by atoms with Gasteiger partial charge in [-0.3, -0.25) is 15.0 Å². The quantitative estimate of drug-likeness (QED) is 0.655. The standard InChI is InChI=1S/C16H17N3O4/c1-4-23-16(22)13-11-12(17-18-13)15(21)19(14(11)20)10-7-8(2)5-6-9(10)3/h5-7,11-12,17H,4H2,1-3H3. The van der Waals surface area contributed by atoms with Gasteiger partial charge in [-0.1, -0.05) is 12.1 Å². The lowest BCUT2D eigenvalue weighted by Crippen LogP contribution is -2.36. The Labute approximate surface area is 133 Å². The molecule has 2 unspecified atom stereocenters. The normalized spacial score (nSPS) is 22.7. The van der Waals surface area contributed by atoms with E-state index in [-0.39, 0.29) is 12.3 Å². The van der Waals surface area contributed by atoms with Gasteiger partial charge in [0, 0.05) is 0 Å². The van der Waals surface area contributed by atoms with Crippen LogP contribution in [0.3, 0.4) is 0 Å². The van der Waals surface area contributed by atoms with Crippen LogP contribution in [0, 0.1) is 19.8 Å². The number of benzene rings is 1. The number of hydrazone groups is 1. The molecule has 1 fully saturated rings. The summed E-state index contributed by atoms with van der Waals surface area (Å²) in [6, 6.07) is 4.70. The van der Waals surface area contributed by atoms with Gasteiger partial charge < -0.3 is 4.74 Å². The van der Waals surface area contributed by atoms with Crippen LogP contribution in [0.15, 0.2) is 23.3 Å². The molecule has 0 aliphatic carbocycles. The first-order valence-electron chi connectivity index (χ1n) is 7.41. The predicted octanol–water partition coefficient (Wildman–Crippen LogP) is 0.684. The number of nitrogens with one attached hydrogen (secondary N) is 1. The topological polar surface area (TPSA) is 88.1 Å². The number of imide groups is 1. The summed E-state index contributed by atoms with van der Waals surface area (Å²) in [6.45, 7) is 5.57. The van der Waals surface area contributed by atoms with E-state index in [0.29, 0.717) is 5.69 Å². The molecule has 7 heteroatoms. The number of esters is 1. The van der Waals surface area contributed by atoms with E-state index >= 15 is 0 Å². The number of carbonyl (C=O) groups is 3. The zero-order chi connectivity index (χ0) is 16.7. The molecule has 2 aliphatic rings. The molecule has 1 N–H and O–H groups in total. The summed E-state index contributed by atoms with van der Waals surface area (Å²) in [5.41, 5.74) is 4.85. The molecule has 0 saturated carbocycles. The van der Waals surface area contributed by atoms with Crippen LogP contribution in [0.25, 0.3) is 0 Å². The van der Waals surface area contributed by atoms with E-state index in [9.17, 15) is 14.4 Å². The van der Waals surface area contributed by atoms with E-state index in [1.807, 2.05) is 26.0 Å². The Morgan fingerprint density at radius 3 is 2.74 bits per heavy atom. The molecule has 7 nitrogen and oxygen atoms in total. The number of rotatable bonds is 3. The van der Waals surface area contributed by atoms with Crippen molar-refractivity contribution in [3.05, 3.63) is 29.3 Å². The number of nitrogens with zero attached hydrogens (tertiary/aromatic N) is 2. The van der Waals surface area contributed by atoms with Crippen molar-refractivity contribution >= 4 is 29.2 Å². The first kappa shape index (κ1) is 15.2. The maximum absolute atomic E-state index is 12.8. The molecule has 2 aliphatic heterocycles. The van der Waals surface area contributed by atoms with Crippen molar-refractivity contribution in [3.63, 3.8) is 0 Å². The Balaban J connectivity index is 1.97. The average molecular weight is 315 g/mol. The maximum Gasteiger partial charge on any atom is 0.355 e. The van der Waals surface area contributed by atoms with Crippen molar-refractivity contribution in [2.24, 2.45) is 11.0 Å².